The summed E-state index contributed by atoms with van der Waals surface area (Å²) in [6.07, 6.45) is 1.18. The molecule has 5 nitrogen and oxygen atoms in total. The Balaban J connectivity index is 2.67. The van der Waals surface area contributed by atoms with Gasteiger partial charge in [-0.25, -0.2) is 0 Å². The number of hydrogen-bond donors (Lipinski definition) is 2. The van der Waals surface area contributed by atoms with Crippen molar-refractivity contribution in [1.29, 1.82) is 0 Å². The van der Waals surface area contributed by atoms with Crippen LogP contribution in [0, 0.1) is 5.92 Å². The average molecular weight is 343 g/mol. The van der Waals surface area contributed by atoms with Crippen molar-refractivity contribution in [3.8, 4) is 0 Å². The maximum atomic E-state index is 12.1. The Morgan fingerprint density at radius 1 is 1.45 bits per heavy atom. The highest BCUT2D eigenvalue weighted by Crippen LogP contribution is 2.17. The molecule has 1 atom stereocenters. The number of benzene rings is 1. The van der Waals surface area contributed by atoms with Crippen LogP contribution in [0.15, 0.2) is 28.7 Å². The van der Waals surface area contributed by atoms with Crippen LogP contribution in [0.3, 0.4) is 0 Å². The lowest BCUT2D eigenvalue weighted by molar-refractivity contribution is -0.128. The zero-order valence-corrected chi connectivity index (χ0v) is 13.0. The van der Waals surface area contributed by atoms with Crippen molar-refractivity contribution in [2.24, 2.45) is 11.7 Å². The fraction of sp³-hybridized carbons (Fsp3) is 0.429. The van der Waals surface area contributed by atoms with Crippen LogP contribution in [0.4, 0.5) is 0 Å². The smallest absolute Gasteiger partial charge is 0.236 e. The number of carbonyl (C=O) groups is 2. The van der Waals surface area contributed by atoms with Crippen LogP contribution in [-0.2, 0) is 20.7 Å². The Morgan fingerprint density at radius 3 is 2.80 bits per heavy atom. The minimum absolute atomic E-state index is 0.138. The van der Waals surface area contributed by atoms with Crippen molar-refractivity contribution in [1.82, 2.24) is 5.32 Å². The first-order valence-corrected chi connectivity index (χ1v) is 7.11. The molecule has 1 unspecified atom stereocenters. The Morgan fingerprint density at radius 2 is 2.20 bits per heavy atom. The highest BCUT2D eigenvalue weighted by molar-refractivity contribution is 9.10. The fourth-order valence-electron chi connectivity index (χ4n) is 1.85. The summed E-state index contributed by atoms with van der Waals surface area (Å²) in [7, 11) is 1.59. The SMILES string of the molecule is COCCC(Cc1cccc(Br)c1)C(=O)NCC(N)=O. The van der Waals surface area contributed by atoms with Gasteiger partial charge in [-0.15, -0.1) is 0 Å². The van der Waals surface area contributed by atoms with Gasteiger partial charge in [0.2, 0.25) is 11.8 Å². The van der Waals surface area contributed by atoms with Gasteiger partial charge in [0.25, 0.3) is 0 Å². The van der Waals surface area contributed by atoms with E-state index in [-0.39, 0.29) is 18.4 Å². The summed E-state index contributed by atoms with van der Waals surface area (Å²) in [4.78, 5) is 22.8. The number of nitrogens with one attached hydrogen (secondary N) is 1. The van der Waals surface area contributed by atoms with Gasteiger partial charge in [-0.3, -0.25) is 9.59 Å². The van der Waals surface area contributed by atoms with E-state index in [2.05, 4.69) is 21.2 Å². The molecule has 0 spiro atoms. The molecule has 0 radical (unpaired) electrons. The zero-order valence-electron chi connectivity index (χ0n) is 11.4. The Kier molecular flexibility index (Phi) is 7.25. The molecule has 1 aromatic rings. The van der Waals surface area contributed by atoms with E-state index in [1.807, 2.05) is 24.3 Å². The number of rotatable bonds is 8. The molecule has 0 aliphatic carbocycles. The molecular formula is C14H19BrN2O3. The molecule has 3 N–H and O–H groups in total. The molecule has 2 amide bonds. The highest BCUT2D eigenvalue weighted by atomic mass is 79.9. The first-order chi connectivity index (χ1) is 9.52. The molecule has 6 heteroatoms. The number of hydrogen-bond acceptors (Lipinski definition) is 3. The number of carbonyl (C=O) groups excluding carboxylic acids is 2. The molecule has 110 valence electrons. The van der Waals surface area contributed by atoms with E-state index < -0.39 is 5.91 Å². The second kappa shape index (κ2) is 8.71. The number of primary amides is 1. The summed E-state index contributed by atoms with van der Waals surface area (Å²) in [5.74, 6) is -0.976. The summed E-state index contributed by atoms with van der Waals surface area (Å²) in [5.41, 5.74) is 6.08. The molecule has 0 aliphatic rings. The van der Waals surface area contributed by atoms with E-state index in [0.29, 0.717) is 19.4 Å². The number of nitrogens with two attached hydrogens (primary N) is 1. The predicted molar refractivity (Wildman–Crippen MR) is 80.0 cm³/mol. The average Bonchev–Trinajstić information content (AvgIpc) is 2.40. The van der Waals surface area contributed by atoms with Crippen LogP contribution in [0.1, 0.15) is 12.0 Å². The summed E-state index contributed by atoms with van der Waals surface area (Å²) in [6, 6.07) is 7.79. The minimum atomic E-state index is -0.550. The van der Waals surface area contributed by atoms with Gasteiger partial charge in [-0.05, 0) is 30.5 Å². The Bertz CT molecular complexity index is 465. The molecule has 0 fully saturated rings. The number of ether oxygens (including phenoxy) is 1. The monoisotopic (exact) mass is 342 g/mol. The second-order valence-corrected chi connectivity index (χ2v) is 5.41. The summed E-state index contributed by atoms with van der Waals surface area (Å²) >= 11 is 3.41. The topological polar surface area (TPSA) is 81.4 Å². The van der Waals surface area contributed by atoms with Gasteiger partial charge >= 0.3 is 0 Å². The van der Waals surface area contributed by atoms with E-state index >= 15 is 0 Å². The maximum absolute atomic E-state index is 12.1. The quantitative estimate of drug-likeness (QED) is 0.745. The minimum Gasteiger partial charge on any atom is -0.385 e. The normalized spacial score (nSPS) is 11.9. The highest BCUT2D eigenvalue weighted by Gasteiger charge is 2.19. The number of halogens is 1. The van der Waals surface area contributed by atoms with Crippen LogP contribution < -0.4 is 11.1 Å². The van der Waals surface area contributed by atoms with Gasteiger partial charge in [-0.1, -0.05) is 28.1 Å². The van der Waals surface area contributed by atoms with Crippen LogP contribution in [-0.4, -0.2) is 32.1 Å². The molecule has 0 saturated heterocycles. The number of methoxy groups -OCH3 is 1. The van der Waals surface area contributed by atoms with E-state index in [4.69, 9.17) is 10.5 Å². The lowest BCUT2D eigenvalue weighted by atomic mass is 9.95. The van der Waals surface area contributed by atoms with Gasteiger partial charge < -0.3 is 15.8 Å². The van der Waals surface area contributed by atoms with Crippen LogP contribution in [0.2, 0.25) is 0 Å². The van der Waals surface area contributed by atoms with Crippen LogP contribution in [0.25, 0.3) is 0 Å². The summed E-state index contributed by atoms with van der Waals surface area (Å²) in [5, 5.41) is 2.55. The van der Waals surface area contributed by atoms with Crippen molar-refractivity contribution < 1.29 is 14.3 Å². The van der Waals surface area contributed by atoms with Gasteiger partial charge in [0, 0.05) is 24.1 Å². The lowest BCUT2D eigenvalue weighted by Gasteiger charge is -2.16. The molecule has 0 heterocycles. The Labute approximate surface area is 127 Å². The molecule has 0 aromatic heterocycles. The Hall–Kier alpha value is -1.40. The first-order valence-electron chi connectivity index (χ1n) is 6.32. The van der Waals surface area contributed by atoms with Crippen LogP contribution in [0.5, 0.6) is 0 Å². The van der Waals surface area contributed by atoms with Crippen molar-refractivity contribution in [3.63, 3.8) is 0 Å². The van der Waals surface area contributed by atoms with Crippen molar-refractivity contribution >= 4 is 27.7 Å². The van der Waals surface area contributed by atoms with Crippen molar-refractivity contribution in [2.45, 2.75) is 12.8 Å². The predicted octanol–water partition coefficient (Wildman–Crippen LogP) is 1.25. The molecule has 0 aliphatic heterocycles. The lowest BCUT2D eigenvalue weighted by Crippen LogP contribution is -2.38. The molecule has 0 saturated carbocycles. The molecule has 0 bridgehead atoms. The van der Waals surface area contributed by atoms with E-state index in [0.717, 1.165) is 10.0 Å². The van der Waals surface area contributed by atoms with Crippen molar-refractivity contribution in [2.75, 3.05) is 20.3 Å². The standard InChI is InChI=1S/C14H19BrN2O3/c1-20-6-5-11(14(19)17-9-13(16)18)7-10-3-2-4-12(15)8-10/h2-4,8,11H,5-7,9H2,1H3,(H2,16,18)(H,17,19). The third-order valence-electron chi connectivity index (χ3n) is 2.85. The largest absolute Gasteiger partial charge is 0.385 e. The molecule has 20 heavy (non-hydrogen) atoms. The zero-order chi connectivity index (χ0) is 15.0. The third kappa shape index (κ3) is 6.16. The summed E-state index contributed by atoms with van der Waals surface area (Å²) < 4.78 is 6.00. The molecule has 1 rings (SSSR count). The first kappa shape index (κ1) is 16.7. The third-order valence-corrected chi connectivity index (χ3v) is 3.34. The fourth-order valence-corrected chi connectivity index (χ4v) is 2.30. The van der Waals surface area contributed by atoms with E-state index in [1.165, 1.54) is 0 Å². The molecule has 1 aromatic carbocycles. The summed E-state index contributed by atoms with van der Waals surface area (Å²) in [6.45, 7) is 0.351. The van der Waals surface area contributed by atoms with Gasteiger partial charge in [0.15, 0.2) is 0 Å². The maximum Gasteiger partial charge on any atom is 0.236 e. The second-order valence-electron chi connectivity index (χ2n) is 4.50. The van der Waals surface area contributed by atoms with Gasteiger partial charge in [0.05, 0.1) is 6.54 Å². The van der Waals surface area contributed by atoms with E-state index in [9.17, 15) is 9.59 Å². The molecular weight excluding hydrogens is 324 g/mol. The van der Waals surface area contributed by atoms with Gasteiger partial charge in [0.1, 0.15) is 0 Å². The van der Waals surface area contributed by atoms with Gasteiger partial charge in [-0.2, -0.15) is 0 Å². The van der Waals surface area contributed by atoms with Crippen LogP contribution >= 0.6 is 15.9 Å². The van der Waals surface area contributed by atoms with E-state index in [1.54, 1.807) is 7.11 Å². The van der Waals surface area contributed by atoms with Crippen molar-refractivity contribution in [3.05, 3.63) is 34.3 Å². The number of amides is 2.